The van der Waals surface area contributed by atoms with Crippen molar-refractivity contribution in [3.63, 3.8) is 0 Å². The smallest absolute Gasteiger partial charge is 0.0210 e. The Morgan fingerprint density at radius 1 is 0.875 bits per heavy atom. The summed E-state index contributed by atoms with van der Waals surface area (Å²) in [5.74, 6) is 1.56. The van der Waals surface area contributed by atoms with E-state index in [0.29, 0.717) is 11.8 Å². The monoisotopic (exact) mass is 229 g/mol. The minimum absolute atomic E-state index is 0.185. The quantitative estimate of drug-likeness (QED) is 0.686. The third kappa shape index (κ3) is 5.28. The van der Waals surface area contributed by atoms with E-state index < -0.39 is 12.1 Å². The van der Waals surface area contributed by atoms with Crippen molar-refractivity contribution >= 4 is 0 Å². The summed E-state index contributed by atoms with van der Waals surface area (Å²) in [6.07, 6.45) is 1.59. The lowest BCUT2D eigenvalue weighted by atomic mass is 9.81. The largest absolute Gasteiger partial charge is 0.851 e. The van der Waals surface area contributed by atoms with Gasteiger partial charge in [-0.2, -0.15) is 0 Å². The van der Waals surface area contributed by atoms with Crippen LogP contribution in [-0.4, -0.2) is 18.2 Å². The van der Waals surface area contributed by atoms with Crippen LogP contribution in [0.25, 0.3) is 0 Å². The molecule has 0 amide bonds. The molecule has 0 fully saturated rings. The van der Waals surface area contributed by atoms with Crippen LogP contribution in [0.5, 0.6) is 0 Å². The van der Waals surface area contributed by atoms with Gasteiger partial charge in [-0.15, -0.1) is 6.10 Å². The average molecular weight is 229 g/mol. The fraction of sp³-hybridized carbons (Fsp3) is 1.00. The molecule has 0 aliphatic carbocycles. The van der Waals surface area contributed by atoms with E-state index in [0.717, 1.165) is 12.3 Å². The minimum atomic E-state index is -0.783. The van der Waals surface area contributed by atoms with Crippen molar-refractivity contribution in [1.82, 2.24) is 0 Å². The Morgan fingerprint density at radius 2 is 1.38 bits per heavy atom. The number of rotatable bonds is 7. The van der Waals surface area contributed by atoms with E-state index in [1.54, 1.807) is 6.92 Å². The van der Waals surface area contributed by atoms with Gasteiger partial charge in [-0.25, -0.2) is 0 Å². The molecule has 3 nitrogen and oxygen atoms in total. The first-order valence-corrected chi connectivity index (χ1v) is 6.44. The lowest BCUT2D eigenvalue weighted by Gasteiger charge is -2.36. The van der Waals surface area contributed by atoms with Crippen LogP contribution in [0.4, 0.5) is 0 Å². The van der Waals surface area contributed by atoms with Gasteiger partial charge < -0.3 is 16.6 Å². The van der Waals surface area contributed by atoms with Crippen molar-refractivity contribution in [2.45, 2.75) is 65.6 Å². The second-order valence-corrected chi connectivity index (χ2v) is 5.67. The Kier molecular flexibility index (Phi) is 7.20. The maximum atomic E-state index is 11.3. The summed E-state index contributed by atoms with van der Waals surface area (Å²) < 4.78 is 0. The molecule has 16 heavy (non-hydrogen) atoms. The highest BCUT2D eigenvalue weighted by Gasteiger charge is 2.24. The van der Waals surface area contributed by atoms with Crippen molar-refractivity contribution in [2.24, 2.45) is 29.2 Å². The second kappa shape index (κ2) is 7.25. The average Bonchev–Trinajstić information content (AvgIpc) is 2.22. The molecule has 0 saturated heterocycles. The van der Waals surface area contributed by atoms with Crippen molar-refractivity contribution in [3.8, 4) is 0 Å². The Morgan fingerprint density at radius 3 is 1.75 bits per heavy atom. The van der Waals surface area contributed by atoms with Gasteiger partial charge in [0.05, 0.1) is 0 Å². The van der Waals surface area contributed by atoms with E-state index >= 15 is 0 Å². The number of hydrogen-bond donors (Lipinski definition) is 2. The Labute approximate surface area is 101 Å². The molecule has 0 saturated carbocycles. The van der Waals surface area contributed by atoms with E-state index in [2.05, 4.69) is 27.7 Å². The number of nitrogens with two attached hydrogens (primary N) is 2. The fourth-order valence-corrected chi connectivity index (χ4v) is 1.90. The van der Waals surface area contributed by atoms with Gasteiger partial charge in [0.2, 0.25) is 0 Å². The molecule has 0 aromatic heterocycles. The molecule has 0 aromatic rings. The summed E-state index contributed by atoms with van der Waals surface area (Å²) in [7, 11) is 0. The highest BCUT2D eigenvalue weighted by atomic mass is 16.3. The van der Waals surface area contributed by atoms with Crippen LogP contribution in [0.2, 0.25) is 0 Å². The van der Waals surface area contributed by atoms with E-state index in [4.69, 9.17) is 11.5 Å². The zero-order chi connectivity index (χ0) is 12.9. The van der Waals surface area contributed by atoms with Gasteiger partial charge in [-0.05, 0) is 17.8 Å². The molecular formula is C13H29N2O-. The third-order valence-corrected chi connectivity index (χ3v) is 3.69. The van der Waals surface area contributed by atoms with E-state index in [9.17, 15) is 5.11 Å². The van der Waals surface area contributed by atoms with Crippen molar-refractivity contribution in [2.75, 3.05) is 0 Å². The van der Waals surface area contributed by atoms with Crippen LogP contribution >= 0.6 is 0 Å². The molecule has 0 bridgehead atoms. The molecule has 0 spiro atoms. The zero-order valence-electron chi connectivity index (χ0n) is 11.4. The first kappa shape index (κ1) is 15.9. The molecule has 5 unspecified atom stereocenters. The van der Waals surface area contributed by atoms with Crippen LogP contribution in [0.15, 0.2) is 0 Å². The van der Waals surface area contributed by atoms with Gasteiger partial charge in [0.1, 0.15) is 0 Å². The molecule has 98 valence electrons. The molecule has 0 radical (unpaired) electrons. The molecule has 0 heterocycles. The number of hydrogen-bond acceptors (Lipinski definition) is 3. The maximum absolute atomic E-state index is 11.3. The molecular weight excluding hydrogens is 200 g/mol. The molecule has 5 atom stereocenters. The van der Waals surface area contributed by atoms with Crippen LogP contribution < -0.4 is 16.6 Å². The zero-order valence-corrected chi connectivity index (χ0v) is 11.4. The van der Waals surface area contributed by atoms with Gasteiger partial charge in [0.25, 0.3) is 0 Å². The van der Waals surface area contributed by atoms with Crippen molar-refractivity contribution in [1.29, 1.82) is 0 Å². The van der Waals surface area contributed by atoms with Crippen LogP contribution in [0.1, 0.15) is 47.5 Å². The van der Waals surface area contributed by atoms with Crippen LogP contribution in [-0.2, 0) is 0 Å². The lowest BCUT2D eigenvalue weighted by Crippen LogP contribution is -2.56. The Bertz CT molecular complexity index is 183. The molecule has 3 heteroatoms. The minimum Gasteiger partial charge on any atom is -0.851 e. The maximum Gasteiger partial charge on any atom is 0.0210 e. The Balaban J connectivity index is 4.15. The molecule has 0 aliphatic heterocycles. The molecule has 0 aromatic carbocycles. The standard InChI is InChI=1S/C13H29N2O/c1-8(2)6-7-9(3)10(4)12(14)13(15)11(5)16/h8-13H,6-7,14-15H2,1-5H3/q-1. The summed E-state index contributed by atoms with van der Waals surface area (Å²) >= 11 is 0. The molecule has 0 aliphatic rings. The first-order valence-electron chi connectivity index (χ1n) is 6.44. The van der Waals surface area contributed by atoms with Gasteiger partial charge >= 0.3 is 0 Å². The third-order valence-electron chi connectivity index (χ3n) is 3.69. The van der Waals surface area contributed by atoms with Gasteiger partial charge in [0, 0.05) is 12.1 Å². The SMILES string of the molecule is CC(C)CCC(C)C(C)C(N)C(N)C(C)[O-]. The highest BCUT2D eigenvalue weighted by molar-refractivity contribution is 4.85. The topological polar surface area (TPSA) is 75.1 Å². The van der Waals surface area contributed by atoms with Crippen molar-refractivity contribution in [3.05, 3.63) is 0 Å². The summed E-state index contributed by atoms with van der Waals surface area (Å²) in [4.78, 5) is 0. The Hall–Kier alpha value is -0.120. The van der Waals surface area contributed by atoms with Crippen LogP contribution in [0.3, 0.4) is 0 Å². The molecule has 4 N–H and O–H groups in total. The van der Waals surface area contributed by atoms with E-state index in [1.165, 1.54) is 6.42 Å². The van der Waals surface area contributed by atoms with Crippen molar-refractivity contribution < 1.29 is 5.11 Å². The fourth-order valence-electron chi connectivity index (χ4n) is 1.90. The first-order chi connectivity index (χ1) is 7.27. The van der Waals surface area contributed by atoms with Gasteiger partial charge in [0.15, 0.2) is 0 Å². The second-order valence-electron chi connectivity index (χ2n) is 5.67. The summed E-state index contributed by atoms with van der Waals surface area (Å²) in [6, 6.07) is -0.619. The summed E-state index contributed by atoms with van der Waals surface area (Å²) in [5, 5.41) is 11.3. The van der Waals surface area contributed by atoms with E-state index in [1.807, 2.05) is 0 Å². The summed E-state index contributed by atoms with van der Waals surface area (Å²) in [6.45, 7) is 10.4. The highest BCUT2D eigenvalue weighted by Crippen LogP contribution is 2.23. The van der Waals surface area contributed by atoms with Crippen LogP contribution in [0, 0.1) is 17.8 Å². The summed E-state index contributed by atoms with van der Waals surface area (Å²) in [5.41, 5.74) is 11.9. The predicted molar refractivity (Wildman–Crippen MR) is 67.8 cm³/mol. The van der Waals surface area contributed by atoms with E-state index in [-0.39, 0.29) is 6.04 Å². The predicted octanol–water partition coefficient (Wildman–Crippen LogP) is 1.10. The van der Waals surface area contributed by atoms with Gasteiger partial charge in [-0.1, -0.05) is 47.5 Å². The lowest BCUT2D eigenvalue weighted by molar-refractivity contribution is -0.419. The van der Waals surface area contributed by atoms with Gasteiger partial charge in [-0.3, -0.25) is 0 Å². The molecule has 0 rings (SSSR count). The normalized spacial score (nSPS) is 21.6.